The maximum atomic E-state index is 12.1. The summed E-state index contributed by atoms with van der Waals surface area (Å²) in [4.78, 5) is 13.3. The molecular formula is C12H10N4O3S. The number of fused-ring (bicyclic) bond motifs is 1. The molecule has 2 heterocycles. The third-order valence-corrected chi connectivity index (χ3v) is 4.14. The lowest BCUT2D eigenvalue weighted by Gasteiger charge is -2.07. The molecule has 7 nitrogen and oxygen atoms in total. The van der Waals surface area contributed by atoms with Crippen molar-refractivity contribution < 1.29 is 8.42 Å². The molecule has 3 rings (SSSR count). The van der Waals surface area contributed by atoms with Crippen LogP contribution in [0, 0.1) is 0 Å². The van der Waals surface area contributed by atoms with Gasteiger partial charge in [-0.3, -0.25) is 14.6 Å². The number of sulfonamides is 1. The molecule has 0 radical (unpaired) electrons. The molecule has 20 heavy (non-hydrogen) atoms. The number of nitrogens with one attached hydrogen (secondary N) is 3. The Morgan fingerprint density at radius 1 is 1.15 bits per heavy atom. The Morgan fingerprint density at radius 2 is 2.00 bits per heavy atom. The molecule has 3 N–H and O–H groups in total. The van der Waals surface area contributed by atoms with Gasteiger partial charge in [-0.05, 0) is 24.3 Å². The van der Waals surface area contributed by atoms with Crippen molar-refractivity contribution in [1.82, 2.24) is 15.2 Å². The highest BCUT2D eigenvalue weighted by Crippen LogP contribution is 2.19. The van der Waals surface area contributed by atoms with E-state index in [1.165, 1.54) is 6.07 Å². The average Bonchev–Trinajstić information content (AvgIpc) is 2.86. The first kappa shape index (κ1) is 12.4. The highest BCUT2D eigenvalue weighted by molar-refractivity contribution is 7.92. The number of aromatic nitrogens is 3. The monoisotopic (exact) mass is 290 g/mol. The molecule has 0 aliphatic carbocycles. The van der Waals surface area contributed by atoms with E-state index in [1.54, 1.807) is 24.4 Å². The zero-order valence-electron chi connectivity index (χ0n) is 10.1. The molecule has 0 saturated carbocycles. The molecule has 0 amide bonds. The SMILES string of the molecule is O=c1ccc(S(=O)(=O)Nc2ccc3cn[nH]c3c2)c[nH]1. The van der Waals surface area contributed by atoms with Crippen molar-refractivity contribution in [2.24, 2.45) is 0 Å². The van der Waals surface area contributed by atoms with Gasteiger partial charge in [-0.15, -0.1) is 0 Å². The minimum absolute atomic E-state index is 0.0122. The van der Waals surface area contributed by atoms with Gasteiger partial charge in [0.1, 0.15) is 4.90 Å². The summed E-state index contributed by atoms with van der Waals surface area (Å²) in [5, 5.41) is 7.51. The molecule has 2 aromatic heterocycles. The second-order valence-corrected chi connectivity index (χ2v) is 5.85. The lowest BCUT2D eigenvalue weighted by Crippen LogP contribution is -2.15. The first-order chi connectivity index (χ1) is 9.54. The summed E-state index contributed by atoms with van der Waals surface area (Å²) in [6, 6.07) is 7.44. The summed E-state index contributed by atoms with van der Waals surface area (Å²) in [5.74, 6) is 0. The number of hydrogen-bond acceptors (Lipinski definition) is 4. The standard InChI is InChI=1S/C12H10N4O3S/c17-12-4-3-10(7-13-12)20(18,19)16-9-2-1-8-6-14-15-11(8)5-9/h1-7,16H,(H,13,17)(H,14,15). The van der Waals surface area contributed by atoms with Gasteiger partial charge in [0, 0.05) is 17.6 Å². The van der Waals surface area contributed by atoms with Crippen LogP contribution < -0.4 is 10.3 Å². The van der Waals surface area contributed by atoms with Gasteiger partial charge >= 0.3 is 0 Å². The fourth-order valence-electron chi connectivity index (χ4n) is 1.78. The molecule has 0 aliphatic heterocycles. The van der Waals surface area contributed by atoms with Crippen molar-refractivity contribution in [3.8, 4) is 0 Å². The molecule has 102 valence electrons. The lowest BCUT2D eigenvalue weighted by molar-refractivity contribution is 0.600. The molecule has 0 bridgehead atoms. The van der Waals surface area contributed by atoms with Crippen molar-refractivity contribution in [3.05, 3.63) is 53.1 Å². The van der Waals surface area contributed by atoms with Crippen LogP contribution in [0.4, 0.5) is 5.69 Å². The molecule has 0 spiro atoms. The second-order valence-electron chi connectivity index (χ2n) is 4.17. The molecule has 0 atom stereocenters. The lowest BCUT2D eigenvalue weighted by atomic mass is 10.2. The van der Waals surface area contributed by atoms with Crippen LogP contribution in [0.2, 0.25) is 0 Å². The first-order valence-corrected chi connectivity index (χ1v) is 7.18. The maximum Gasteiger partial charge on any atom is 0.263 e. The second kappa shape index (κ2) is 4.49. The maximum absolute atomic E-state index is 12.1. The Balaban J connectivity index is 1.96. The number of hydrogen-bond donors (Lipinski definition) is 3. The Bertz CT molecular complexity index is 907. The minimum atomic E-state index is -3.74. The van der Waals surface area contributed by atoms with Gasteiger partial charge in [-0.1, -0.05) is 0 Å². The zero-order chi connectivity index (χ0) is 14.2. The molecular weight excluding hydrogens is 280 g/mol. The number of benzene rings is 1. The van der Waals surface area contributed by atoms with E-state index in [1.807, 2.05) is 0 Å². The highest BCUT2D eigenvalue weighted by atomic mass is 32.2. The quantitative estimate of drug-likeness (QED) is 0.670. The summed E-state index contributed by atoms with van der Waals surface area (Å²) < 4.78 is 26.7. The molecule has 0 aliphatic rings. The number of rotatable bonds is 3. The molecule has 3 aromatic rings. The van der Waals surface area contributed by atoms with E-state index < -0.39 is 10.0 Å². The van der Waals surface area contributed by atoms with Crippen molar-refractivity contribution in [2.75, 3.05) is 4.72 Å². The summed E-state index contributed by atoms with van der Waals surface area (Å²) in [7, 11) is -3.74. The van der Waals surface area contributed by atoms with Gasteiger partial charge in [0.2, 0.25) is 5.56 Å². The summed E-state index contributed by atoms with van der Waals surface area (Å²) >= 11 is 0. The van der Waals surface area contributed by atoms with E-state index in [0.29, 0.717) is 5.69 Å². The topological polar surface area (TPSA) is 108 Å². The van der Waals surface area contributed by atoms with Crippen LogP contribution in [-0.4, -0.2) is 23.6 Å². The summed E-state index contributed by atoms with van der Waals surface area (Å²) in [6.07, 6.45) is 2.80. The van der Waals surface area contributed by atoms with Crippen LogP contribution in [0.25, 0.3) is 10.9 Å². The summed E-state index contributed by atoms with van der Waals surface area (Å²) in [6.45, 7) is 0. The van der Waals surface area contributed by atoms with Crippen molar-refractivity contribution in [2.45, 2.75) is 4.90 Å². The van der Waals surface area contributed by atoms with Crippen LogP contribution in [0.3, 0.4) is 0 Å². The normalized spacial score (nSPS) is 11.6. The fraction of sp³-hybridized carbons (Fsp3) is 0. The van der Waals surface area contributed by atoms with E-state index in [0.717, 1.165) is 23.2 Å². The van der Waals surface area contributed by atoms with Crippen LogP contribution >= 0.6 is 0 Å². The first-order valence-electron chi connectivity index (χ1n) is 5.69. The Kier molecular flexibility index (Phi) is 2.79. The van der Waals surface area contributed by atoms with E-state index in [4.69, 9.17) is 0 Å². The number of pyridine rings is 1. The predicted molar refractivity (Wildman–Crippen MR) is 74.0 cm³/mol. The predicted octanol–water partition coefficient (Wildman–Crippen LogP) is 1.05. The van der Waals surface area contributed by atoms with E-state index in [9.17, 15) is 13.2 Å². The number of H-pyrrole nitrogens is 2. The van der Waals surface area contributed by atoms with Crippen LogP contribution in [0.15, 0.2) is 52.4 Å². The van der Waals surface area contributed by atoms with Crippen molar-refractivity contribution >= 4 is 26.6 Å². The molecule has 0 unspecified atom stereocenters. The van der Waals surface area contributed by atoms with Crippen LogP contribution in [0.1, 0.15) is 0 Å². The Labute approximate surface area is 113 Å². The summed E-state index contributed by atoms with van der Waals surface area (Å²) in [5.41, 5.74) is 0.780. The third kappa shape index (κ3) is 2.28. The number of anilines is 1. The Hall–Kier alpha value is -2.61. The van der Waals surface area contributed by atoms with Crippen LogP contribution in [0.5, 0.6) is 0 Å². The van der Waals surface area contributed by atoms with Crippen molar-refractivity contribution in [3.63, 3.8) is 0 Å². The number of aromatic amines is 2. The smallest absolute Gasteiger partial charge is 0.263 e. The molecule has 1 aromatic carbocycles. The van der Waals surface area contributed by atoms with Crippen molar-refractivity contribution in [1.29, 1.82) is 0 Å². The molecule has 0 saturated heterocycles. The van der Waals surface area contributed by atoms with Gasteiger partial charge in [0.05, 0.1) is 17.4 Å². The fourth-order valence-corrected chi connectivity index (χ4v) is 2.79. The highest BCUT2D eigenvalue weighted by Gasteiger charge is 2.14. The van der Waals surface area contributed by atoms with Crippen LogP contribution in [-0.2, 0) is 10.0 Å². The van der Waals surface area contributed by atoms with E-state index in [2.05, 4.69) is 19.9 Å². The zero-order valence-corrected chi connectivity index (χ0v) is 10.9. The average molecular weight is 290 g/mol. The van der Waals surface area contributed by atoms with Gasteiger partial charge in [0.15, 0.2) is 0 Å². The Morgan fingerprint density at radius 3 is 2.75 bits per heavy atom. The molecule has 8 heteroatoms. The van der Waals surface area contributed by atoms with E-state index >= 15 is 0 Å². The molecule has 0 fully saturated rings. The van der Waals surface area contributed by atoms with Gasteiger partial charge in [0.25, 0.3) is 10.0 Å². The van der Waals surface area contributed by atoms with Gasteiger partial charge < -0.3 is 4.98 Å². The van der Waals surface area contributed by atoms with Gasteiger partial charge in [-0.25, -0.2) is 8.42 Å². The minimum Gasteiger partial charge on any atom is -0.328 e. The van der Waals surface area contributed by atoms with E-state index in [-0.39, 0.29) is 10.5 Å². The third-order valence-electron chi connectivity index (χ3n) is 2.76. The van der Waals surface area contributed by atoms with Gasteiger partial charge in [-0.2, -0.15) is 5.10 Å². The number of nitrogens with zero attached hydrogens (tertiary/aromatic N) is 1. The largest absolute Gasteiger partial charge is 0.328 e.